The normalized spacial score (nSPS) is 20.1. The Bertz CT molecular complexity index is 412. The highest BCUT2D eigenvalue weighted by Gasteiger charge is 2.30. The van der Waals surface area contributed by atoms with Gasteiger partial charge in [0.05, 0.1) is 0 Å². The fraction of sp³-hybridized carbons (Fsp3) is 1.00. The molecule has 0 amide bonds. The summed E-state index contributed by atoms with van der Waals surface area (Å²) in [6.07, 6.45) is 2.91. The zero-order valence-electron chi connectivity index (χ0n) is 8.31. The molecule has 0 aliphatic heterocycles. The van der Waals surface area contributed by atoms with Crippen LogP contribution in [0.3, 0.4) is 0 Å². The molecule has 0 spiro atoms. The molecule has 1 saturated carbocycles. The van der Waals surface area contributed by atoms with Crippen molar-refractivity contribution in [3.05, 3.63) is 0 Å². The third-order valence-corrected chi connectivity index (χ3v) is 6.07. The second-order valence-corrected chi connectivity index (χ2v) is 8.73. The van der Waals surface area contributed by atoms with Crippen molar-refractivity contribution in [2.45, 2.75) is 18.2 Å². The van der Waals surface area contributed by atoms with Crippen LogP contribution in [0.2, 0.25) is 0 Å². The van der Waals surface area contributed by atoms with Gasteiger partial charge in [-0.15, -0.1) is 11.6 Å². The summed E-state index contributed by atoms with van der Waals surface area (Å²) in [6.45, 7) is 0.101. The summed E-state index contributed by atoms with van der Waals surface area (Å²) in [5.74, 6) is 0.368. The first-order chi connectivity index (χ1) is 6.70. The predicted octanol–water partition coefficient (Wildman–Crippen LogP) is -0.0747. The van der Waals surface area contributed by atoms with Crippen molar-refractivity contribution in [3.63, 3.8) is 0 Å². The molecule has 1 atom stereocenters. The maximum Gasteiger partial charge on any atom is 0.226 e. The predicted molar refractivity (Wildman–Crippen MR) is 59.0 cm³/mol. The molecule has 8 heteroatoms. The van der Waals surface area contributed by atoms with Crippen molar-refractivity contribution in [1.82, 2.24) is 4.72 Å². The van der Waals surface area contributed by atoms with Crippen LogP contribution in [0.1, 0.15) is 12.8 Å². The molecular formula is C7H14ClNO4S2. The smallest absolute Gasteiger partial charge is 0.226 e. The van der Waals surface area contributed by atoms with Crippen LogP contribution in [0.4, 0.5) is 0 Å². The quantitative estimate of drug-likeness (QED) is 0.688. The van der Waals surface area contributed by atoms with Gasteiger partial charge in [0.15, 0.2) is 14.9 Å². The van der Waals surface area contributed by atoms with Crippen LogP contribution in [0.25, 0.3) is 0 Å². The van der Waals surface area contributed by atoms with Crippen LogP contribution in [-0.2, 0) is 19.9 Å². The molecule has 1 rings (SSSR count). The maximum atomic E-state index is 11.2. The Morgan fingerprint density at radius 3 is 2.27 bits per heavy atom. The van der Waals surface area contributed by atoms with E-state index in [-0.39, 0.29) is 11.9 Å². The molecule has 0 aromatic carbocycles. The molecule has 90 valence electrons. The van der Waals surface area contributed by atoms with Gasteiger partial charge in [-0.05, 0) is 18.8 Å². The van der Waals surface area contributed by atoms with Gasteiger partial charge in [0.1, 0.15) is 0 Å². The summed E-state index contributed by atoms with van der Waals surface area (Å²) in [7, 11) is -7.29. The van der Waals surface area contributed by atoms with Crippen LogP contribution >= 0.6 is 11.6 Å². The average Bonchev–Trinajstić information content (AvgIpc) is 2.77. The van der Waals surface area contributed by atoms with E-state index < -0.39 is 24.9 Å². The zero-order valence-corrected chi connectivity index (χ0v) is 10.7. The fourth-order valence-corrected chi connectivity index (χ4v) is 4.60. The van der Waals surface area contributed by atoms with Crippen molar-refractivity contribution in [2.24, 2.45) is 5.92 Å². The summed E-state index contributed by atoms with van der Waals surface area (Å²) in [4.78, 5) is 0. The SMILES string of the molecule is CS(=O)(=O)CS(=O)(=O)NCC(Cl)C1CC1. The molecule has 5 nitrogen and oxygen atoms in total. The zero-order chi connectivity index (χ0) is 11.7. The highest BCUT2D eigenvalue weighted by Crippen LogP contribution is 2.35. The molecule has 1 N–H and O–H groups in total. The molecule has 1 aliphatic carbocycles. The molecule has 1 aliphatic rings. The second kappa shape index (κ2) is 4.57. The van der Waals surface area contributed by atoms with Crippen molar-refractivity contribution >= 4 is 31.5 Å². The van der Waals surface area contributed by atoms with Gasteiger partial charge in [-0.2, -0.15) is 0 Å². The molecule has 0 saturated heterocycles. The fourth-order valence-electron chi connectivity index (χ4n) is 1.15. The number of rotatable bonds is 6. The number of sulfone groups is 1. The molecule has 1 unspecified atom stereocenters. The Hall–Kier alpha value is 0.150. The largest absolute Gasteiger partial charge is 0.228 e. The number of sulfonamides is 1. The van der Waals surface area contributed by atoms with E-state index in [2.05, 4.69) is 4.72 Å². The molecule has 0 bridgehead atoms. The summed E-state index contributed by atoms with van der Waals surface area (Å²) >= 11 is 5.88. The van der Waals surface area contributed by atoms with E-state index in [0.29, 0.717) is 5.92 Å². The van der Waals surface area contributed by atoms with Crippen LogP contribution in [0.15, 0.2) is 0 Å². The molecular weight excluding hydrogens is 262 g/mol. The van der Waals surface area contributed by atoms with E-state index in [1.54, 1.807) is 0 Å². The minimum absolute atomic E-state index is 0.101. The molecule has 0 aromatic rings. The number of hydrogen-bond donors (Lipinski definition) is 1. The summed E-state index contributed by atoms with van der Waals surface area (Å²) in [6, 6.07) is 0. The van der Waals surface area contributed by atoms with Gasteiger partial charge in [-0.1, -0.05) is 0 Å². The Balaban J connectivity index is 2.42. The summed E-state index contributed by atoms with van der Waals surface area (Å²) in [5, 5.41) is -1.12. The average molecular weight is 276 g/mol. The van der Waals surface area contributed by atoms with Gasteiger partial charge < -0.3 is 0 Å². The lowest BCUT2D eigenvalue weighted by Crippen LogP contribution is -2.34. The van der Waals surface area contributed by atoms with Crippen molar-refractivity contribution < 1.29 is 16.8 Å². The third-order valence-electron chi connectivity index (χ3n) is 2.00. The van der Waals surface area contributed by atoms with Gasteiger partial charge in [-0.25, -0.2) is 21.6 Å². The van der Waals surface area contributed by atoms with E-state index in [1.807, 2.05) is 0 Å². The van der Waals surface area contributed by atoms with Crippen LogP contribution in [0, 0.1) is 5.92 Å². The lowest BCUT2D eigenvalue weighted by Gasteiger charge is -2.09. The third kappa shape index (κ3) is 5.70. The number of alkyl halides is 1. The number of halogens is 1. The molecule has 1 fully saturated rings. The van der Waals surface area contributed by atoms with Gasteiger partial charge >= 0.3 is 0 Å². The van der Waals surface area contributed by atoms with Gasteiger partial charge in [0.25, 0.3) is 0 Å². The van der Waals surface area contributed by atoms with E-state index in [1.165, 1.54) is 0 Å². The van der Waals surface area contributed by atoms with E-state index in [9.17, 15) is 16.8 Å². The van der Waals surface area contributed by atoms with Crippen LogP contribution < -0.4 is 4.72 Å². The Kier molecular flexibility index (Phi) is 4.02. The highest BCUT2D eigenvalue weighted by atomic mass is 35.5. The molecule has 0 heterocycles. The van der Waals surface area contributed by atoms with Crippen molar-refractivity contribution in [2.75, 3.05) is 17.9 Å². The minimum Gasteiger partial charge on any atom is -0.228 e. The maximum absolute atomic E-state index is 11.2. The Morgan fingerprint density at radius 2 is 1.87 bits per heavy atom. The first-order valence-electron chi connectivity index (χ1n) is 4.49. The number of nitrogens with one attached hydrogen (secondary N) is 1. The first kappa shape index (κ1) is 13.2. The topological polar surface area (TPSA) is 80.3 Å². The van der Waals surface area contributed by atoms with E-state index >= 15 is 0 Å². The lowest BCUT2D eigenvalue weighted by atomic mass is 10.3. The second-order valence-electron chi connectivity index (χ2n) is 3.86. The first-order valence-corrected chi connectivity index (χ1v) is 8.64. The van der Waals surface area contributed by atoms with E-state index in [4.69, 9.17) is 11.6 Å². The Morgan fingerprint density at radius 1 is 1.33 bits per heavy atom. The molecule has 0 aromatic heterocycles. The van der Waals surface area contributed by atoms with E-state index in [0.717, 1.165) is 19.1 Å². The summed E-state index contributed by atoms with van der Waals surface area (Å²) in [5.41, 5.74) is 0. The monoisotopic (exact) mass is 275 g/mol. The van der Waals surface area contributed by atoms with Crippen molar-refractivity contribution in [3.8, 4) is 0 Å². The van der Waals surface area contributed by atoms with Gasteiger partial charge in [0.2, 0.25) is 10.0 Å². The highest BCUT2D eigenvalue weighted by molar-refractivity contribution is 8.06. The molecule has 0 radical (unpaired) electrons. The van der Waals surface area contributed by atoms with Crippen molar-refractivity contribution in [1.29, 1.82) is 0 Å². The van der Waals surface area contributed by atoms with Crippen LogP contribution in [0.5, 0.6) is 0 Å². The number of hydrogen-bond acceptors (Lipinski definition) is 4. The van der Waals surface area contributed by atoms with Gasteiger partial charge in [0, 0.05) is 18.2 Å². The molecule has 15 heavy (non-hydrogen) atoms. The summed E-state index contributed by atoms with van der Waals surface area (Å²) < 4.78 is 46.3. The standard InChI is InChI=1S/C7H14ClNO4S2/c1-14(10,11)5-15(12,13)9-4-7(8)6-2-3-6/h6-7,9H,2-5H2,1H3. The lowest BCUT2D eigenvalue weighted by molar-refractivity contribution is 0.576. The van der Waals surface area contributed by atoms with Crippen LogP contribution in [-0.4, -0.2) is 40.1 Å². The van der Waals surface area contributed by atoms with Gasteiger partial charge in [-0.3, -0.25) is 0 Å². The minimum atomic E-state index is -3.76. The Labute approximate surface area is 95.2 Å².